The number of carbonyl (C=O) groups excluding carboxylic acids is 3. The van der Waals surface area contributed by atoms with Gasteiger partial charge in [0.2, 0.25) is 0 Å². The molecule has 0 unspecified atom stereocenters. The predicted octanol–water partition coefficient (Wildman–Crippen LogP) is 4.23. The quantitative estimate of drug-likeness (QED) is 0.311. The Morgan fingerprint density at radius 2 is 1.07 bits per heavy atom. The van der Waals surface area contributed by atoms with E-state index in [1.807, 2.05) is 0 Å². The van der Waals surface area contributed by atoms with E-state index in [1.54, 1.807) is 36.4 Å². The summed E-state index contributed by atoms with van der Waals surface area (Å²) in [6.45, 7) is 0. The van der Waals surface area contributed by atoms with Gasteiger partial charge in [-0.1, -0.05) is 0 Å². The van der Waals surface area contributed by atoms with Crippen molar-refractivity contribution < 1.29 is 23.9 Å². The Morgan fingerprint density at radius 1 is 0.667 bits per heavy atom. The highest BCUT2D eigenvalue weighted by Gasteiger charge is 2.11. The number of benzene rings is 3. The maximum atomic E-state index is 12.1. The smallest absolute Gasteiger partial charge is 0.343 e. The van der Waals surface area contributed by atoms with Crippen LogP contribution in [0, 0.1) is 0 Å². The van der Waals surface area contributed by atoms with Crippen LogP contribution in [0.3, 0.4) is 0 Å². The van der Waals surface area contributed by atoms with Gasteiger partial charge >= 0.3 is 11.9 Å². The number of hydrogen-bond donors (Lipinski definition) is 1. The second-order valence-corrected chi connectivity index (χ2v) is 6.05. The lowest BCUT2D eigenvalue weighted by atomic mass is 10.2. The molecule has 0 radical (unpaired) electrons. The summed E-state index contributed by atoms with van der Waals surface area (Å²) in [5, 5.41) is 0. The van der Waals surface area contributed by atoms with E-state index in [2.05, 4.69) is 12.6 Å². The van der Waals surface area contributed by atoms with Crippen molar-refractivity contribution in [3.05, 3.63) is 89.5 Å². The Labute approximate surface area is 161 Å². The standard InChI is InChI=1S/C21H14O5S/c22-13-14-1-7-17(8-2-14)25-20(23)15-3-9-18(10-4-15)26-21(24)16-5-11-19(27)12-6-16/h1-13,27H. The van der Waals surface area contributed by atoms with Crippen molar-refractivity contribution in [1.82, 2.24) is 0 Å². The van der Waals surface area contributed by atoms with E-state index in [9.17, 15) is 14.4 Å². The summed E-state index contributed by atoms with van der Waals surface area (Å²) in [7, 11) is 0. The summed E-state index contributed by atoms with van der Waals surface area (Å²) in [4.78, 5) is 35.6. The monoisotopic (exact) mass is 378 g/mol. The summed E-state index contributed by atoms with van der Waals surface area (Å²) < 4.78 is 10.5. The Kier molecular flexibility index (Phi) is 5.68. The number of hydrogen-bond acceptors (Lipinski definition) is 6. The molecule has 3 aromatic carbocycles. The van der Waals surface area contributed by atoms with Crippen molar-refractivity contribution >= 4 is 30.9 Å². The zero-order valence-corrected chi connectivity index (χ0v) is 14.9. The first kappa shape index (κ1) is 18.4. The second-order valence-electron chi connectivity index (χ2n) is 5.54. The first-order chi connectivity index (χ1) is 13.0. The van der Waals surface area contributed by atoms with E-state index in [0.717, 1.165) is 4.90 Å². The molecule has 0 aliphatic rings. The van der Waals surface area contributed by atoms with Gasteiger partial charge in [0.25, 0.3) is 0 Å². The summed E-state index contributed by atoms with van der Waals surface area (Å²) in [5.41, 5.74) is 1.19. The van der Waals surface area contributed by atoms with Gasteiger partial charge in [-0.05, 0) is 72.8 Å². The highest BCUT2D eigenvalue weighted by Crippen LogP contribution is 2.18. The van der Waals surface area contributed by atoms with E-state index < -0.39 is 11.9 Å². The van der Waals surface area contributed by atoms with Crippen LogP contribution in [0.1, 0.15) is 31.1 Å². The van der Waals surface area contributed by atoms with Gasteiger partial charge < -0.3 is 9.47 Å². The zero-order valence-electron chi connectivity index (χ0n) is 14.0. The fourth-order valence-electron chi connectivity index (χ4n) is 2.20. The minimum absolute atomic E-state index is 0.300. The fraction of sp³-hybridized carbons (Fsp3) is 0. The van der Waals surface area contributed by atoms with E-state index in [0.29, 0.717) is 34.5 Å². The largest absolute Gasteiger partial charge is 0.423 e. The van der Waals surface area contributed by atoms with Crippen LogP contribution < -0.4 is 9.47 Å². The van der Waals surface area contributed by atoms with Crippen LogP contribution in [0.2, 0.25) is 0 Å². The van der Waals surface area contributed by atoms with Crippen molar-refractivity contribution in [2.45, 2.75) is 4.90 Å². The highest BCUT2D eigenvalue weighted by atomic mass is 32.1. The predicted molar refractivity (Wildman–Crippen MR) is 102 cm³/mol. The summed E-state index contributed by atoms with van der Waals surface area (Å²) in [5.74, 6) is -0.430. The van der Waals surface area contributed by atoms with Gasteiger partial charge in [0.05, 0.1) is 11.1 Å². The van der Waals surface area contributed by atoms with Gasteiger partial charge in [0, 0.05) is 10.5 Å². The lowest BCUT2D eigenvalue weighted by Gasteiger charge is -2.07. The molecule has 0 aliphatic heterocycles. The van der Waals surface area contributed by atoms with Crippen molar-refractivity contribution in [2.24, 2.45) is 0 Å². The maximum Gasteiger partial charge on any atom is 0.343 e. The first-order valence-corrected chi connectivity index (χ1v) is 8.38. The maximum absolute atomic E-state index is 12.1. The molecule has 0 N–H and O–H groups in total. The van der Waals surface area contributed by atoms with Gasteiger partial charge in [-0.2, -0.15) is 0 Å². The number of thiol groups is 1. The summed E-state index contributed by atoms with van der Waals surface area (Å²) in [6, 6.07) is 18.8. The Bertz CT molecular complexity index is 961. The van der Waals surface area contributed by atoms with Gasteiger partial charge in [0.15, 0.2) is 0 Å². The summed E-state index contributed by atoms with van der Waals surface area (Å²) in [6.07, 6.45) is 0.707. The van der Waals surface area contributed by atoms with Crippen LogP contribution in [0.5, 0.6) is 11.5 Å². The van der Waals surface area contributed by atoms with Gasteiger partial charge in [-0.25, -0.2) is 9.59 Å². The van der Waals surface area contributed by atoms with E-state index in [-0.39, 0.29) is 0 Å². The SMILES string of the molecule is O=Cc1ccc(OC(=O)c2ccc(OC(=O)c3ccc(S)cc3)cc2)cc1. The van der Waals surface area contributed by atoms with Crippen LogP contribution in [0.4, 0.5) is 0 Å². The zero-order chi connectivity index (χ0) is 19.2. The fourth-order valence-corrected chi connectivity index (χ4v) is 2.35. The minimum Gasteiger partial charge on any atom is -0.423 e. The molecule has 3 aromatic rings. The lowest BCUT2D eigenvalue weighted by Crippen LogP contribution is -2.10. The van der Waals surface area contributed by atoms with Crippen LogP contribution in [-0.4, -0.2) is 18.2 Å². The number of esters is 2. The normalized spacial score (nSPS) is 10.1. The number of ether oxygens (including phenoxy) is 2. The third kappa shape index (κ3) is 4.83. The number of carbonyl (C=O) groups is 3. The third-order valence-corrected chi connectivity index (χ3v) is 3.93. The van der Waals surface area contributed by atoms with E-state index >= 15 is 0 Å². The van der Waals surface area contributed by atoms with Crippen molar-refractivity contribution in [2.75, 3.05) is 0 Å². The molecule has 0 aliphatic carbocycles. The van der Waals surface area contributed by atoms with Crippen LogP contribution >= 0.6 is 12.6 Å². The lowest BCUT2D eigenvalue weighted by molar-refractivity contribution is 0.0730. The topological polar surface area (TPSA) is 69.7 Å². The molecule has 0 saturated heterocycles. The van der Waals surface area contributed by atoms with Crippen molar-refractivity contribution in [3.8, 4) is 11.5 Å². The molecule has 0 atom stereocenters. The van der Waals surface area contributed by atoms with Crippen LogP contribution in [-0.2, 0) is 0 Å². The molecule has 0 spiro atoms. The third-order valence-electron chi connectivity index (χ3n) is 3.63. The van der Waals surface area contributed by atoms with Gasteiger partial charge in [-0.3, -0.25) is 4.79 Å². The average Bonchev–Trinajstić information content (AvgIpc) is 2.69. The van der Waals surface area contributed by atoms with Crippen molar-refractivity contribution in [3.63, 3.8) is 0 Å². The molecule has 0 amide bonds. The van der Waals surface area contributed by atoms with Gasteiger partial charge in [0.1, 0.15) is 17.8 Å². The molecule has 134 valence electrons. The molecule has 0 bridgehead atoms. The molecule has 6 heteroatoms. The molecule has 0 aromatic heterocycles. The first-order valence-electron chi connectivity index (χ1n) is 7.94. The average molecular weight is 378 g/mol. The Morgan fingerprint density at radius 3 is 1.52 bits per heavy atom. The van der Waals surface area contributed by atoms with Crippen molar-refractivity contribution in [1.29, 1.82) is 0 Å². The highest BCUT2D eigenvalue weighted by molar-refractivity contribution is 7.80. The van der Waals surface area contributed by atoms with Crippen LogP contribution in [0.15, 0.2) is 77.7 Å². The minimum atomic E-state index is -0.559. The molecule has 0 saturated carbocycles. The molecule has 5 nitrogen and oxygen atoms in total. The second kappa shape index (κ2) is 8.33. The Hall–Kier alpha value is -3.38. The Balaban J connectivity index is 1.63. The molecule has 3 rings (SSSR count). The number of rotatable bonds is 5. The molecular weight excluding hydrogens is 364 g/mol. The molecule has 0 heterocycles. The van der Waals surface area contributed by atoms with Crippen LogP contribution in [0.25, 0.3) is 0 Å². The molecule has 27 heavy (non-hydrogen) atoms. The molecular formula is C21H14O5S. The van der Waals surface area contributed by atoms with E-state index in [4.69, 9.17) is 9.47 Å². The summed E-state index contributed by atoms with van der Waals surface area (Å²) >= 11 is 4.16. The number of aldehydes is 1. The van der Waals surface area contributed by atoms with E-state index in [1.165, 1.54) is 36.4 Å². The van der Waals surface area contributed by atoms with Gasteiger partial charge in [-0.15, -0.1) is 12.6 Å². The molecule has 0 fully saturated rings.